The van der Waals surface area contributed by atoms with E-state index in [0.29, 0.717) is 34.7 Å². The molecular formula is C25H32FN5O3. The van der Waals surface area contributed by atoms with Crippen LogP contribution in [0.5, 0.6) is 11.5 Å². The number of halogens is 1. The molecule has 1 atom stereocenters. The Morgan fingerprint density at radius 2 is 1.79 bits per heavy atom. The Hall–Kier alpha value is -3.85. The number of nitrogens with two attached hydrogens (primary N) is 1. The summed E-state index contributed by atoms with van der Waals surface area (Å²) in [7, 11) is 3.15. The van der Waals surface area contributed by atoms with Crippen LogP contribution in [0.1, 0.15) is 27.2 Å². The van der Waals surface area contributed by atoms with E-state index in [0.717, 1.165) is 13.1 Å². The first-order valence-corrected chi connectivity index (χ1v) is 11.0. The Morgan fingerprint density at radius 3 is 2.38 bits per heavy atom. The van der Waals surface area contributed by atoms with Crippen LogP contribution in [0, 0.1) is 5.82 Å². The lowest BCUT2D eigenvalue weighted by molar-refractivity contribution is 0.391. The van der Waals surface area contributed by atoms with Crippen LogP contribution in [0.15, 0.2) is 65.3 Å². The number of ether oxygens (including phenoxy) is 2. The quantitative estimate of drug-likeness (QED) is 0.428. The number of benzene rings is 2. The molecule has 0 aliphatic carbocycles. The number of aromatic nitrogens is 3. The van der Waals surface area contributed by atoms with Gasteiger partial charge in [-0.05, 0) is 67.3 Å². The number of hydrogen-bond donors (Lipinski definition) is 2. The van der Waals surface area contributed by atoms with Gasteiger partial charge in [0, 0.05) is 9.40 Å². The zero-order valence-corrected chi connectivity index (χ0v) is 19.2. The topological polar surface area (TPSA) is 100 Å². The number of nitrogens with one attached hydrogen (secondary N) is 1. The maximum absolute atomic E-state index is 12.6. The van der Waals surface area contributed by atoms with Gasteiger partial charge < -0.3 is 24.9 Å². The third kappa shape index (κ3) is 5.04. The Balaban J connectivity index is 0.000000264. The Labute approximate surface area is 200 Å². The molecule has 34 heavy (non-hydrogen) atoms. The summed E-state index contributed by atoms with van der Waals surface area (Å²) < 4.78 is 30.4. The van der Waals surface area contributed by atoms with Gasteiger partial charge in [-0.1, -0.05) is 18.2 Å². The maximum Gasteiger partial charge on any atom is 0.227 e. The van der Waals surface area contributed by atoms with Crippen LogP contribution in [-0.4, -0.2) is 42.1 Å². The van der Waals surface area contributed by atoms with E-state index >= 15 is 0 Å². The highest BCUT2D eigenvalue weighted by Crippen LogP contribution is 2.36. The number of piperidine rings is 1. The summed E-state index contributed by atoms with van der Waals surface area (Å²) >= 11 is 0. The van der Waals surface area contributed by atoms with E-state index in [-0.39, 0.29) is 14.6 Å². The molecule has 3 heterocycles. The smallest absolute Gasteiger partial charge is 0.227 e. The molecule has 1 saturated heterocycles. The van der Waals surface area contributed by atoms with Crippen LogP contribution in [-0.2, 0) is 0 Å². The fraction of sp³-hybridized carbons (Fsp3) is 0.280. The lowest BCUT2D eigenvalue weighted by atomic mass is 9.92. The summed E-state index contributed by atoms with van der Waals surface area (Å²) in [6, 6.07) is 15.9. The average Bonchev–Trinajstić information content (AvgIpc) is 3.54. The van der Waals surface area contributed by atoms with Gasteiger partial charge in [0.15, 0.2) is 5.76 Å². The van der Waals surface area contributed by atoms with E-state index in [1.165, 1.54) is 18.4 Å². The highest BCUT2D eigenvalue weighted by molar-refractivity contribution is 5.65. The summed E-state index contributed by atoms with van der Waals surface area (Å²) in [6.07, 6.45) is 4.00. The molecule has 9 heteroatoms. The summed E-state index contributed by atoms with van der Waals surface area (Å²) in [5, 5.41) is 11.3. The van der Waals surface area contributed by atoms with Gasteiger partial charge in [0.2, 0.25) is 11.8 Å². The van der Waals surface area contributed by atoms with Gasteiger partial charge in [0.1, 0.15) is 23.0 Å². The van der Waals surface area contributed by atoms with Crippen molar-refractivity contribution in [1.29, 1.82) is 0 Å². The van der Waals surface area contributed by atoms with E-state index in [9.17, 15) is 4.39 Å². The second-order valence-corrected chi connectivity index (χ2v) is 7.80. The molecule has 0 spiro atoms. The predicted octanol–water partition coefficient (Wildman–Crippen LogP) is 4.91. The highest BCUT2D eigenvalue weighted by atomic mass is 19.1. The number of nitrogen functional groups attached to an aromatic ring is 1. The fourth-order valence-corrected chi connectivity index (χ4v) is 4.01. The molecule has 0 saturated carbocycles. The minimum Gasteiger partial charge on any atom is -0.494 e. The zero-order chi connectivity index (χ0) is 23.9. The molecule has 1 fully saturated rings. The molecule has 3 N–H and O–H groups in total. The van der Waals surface area contributed by atoms with Crippen molar-refractivity contribution in [2.75, 3.05) is 33.0 Å². The molecule has 4 aromatic rings. The van der Waals surface area contributed by atoms with Crippen molar-refractivity contribution in [3.05, 3.63) is 72.2 Å². The van der Waals surface area contributed by atoms with E-state index in [2.05, 4.69) is 15.5 Å². The number of anilines is 1. The lowest BCUT2D eigenvalue weighted by Crippen LogP contribution is -2.28. The van der Waals surface area contributed by atoms with Crippen LogP contribution in [0.3, 0.4) is 0 Å². The van der Waals surface area contributed by atoms with E-state index in [4.69, 9.17) is 19.6 Å². The van der Waals surface area contributed by atoms with Gasteiger partial charge in [-0.15, -0.1) is 10.2 Å². The standard InChI is InChI=1S/C14H14N4O3.C11H14FN.2H2/c1-19-9-5-3-6-10(20-2)12(9)18-13(16-17-14(18)15)11-7-4-8-21-11;12-11-5-3-9(4-6-11)10-2-1-7-13-8-10;;/h3-8H,1-2H3,(H2,15,17);3-6,10,13H,1-2,7-8H2;2*1H/t;10-;;/m.0../s1. The van der Waals surface area contributed by atoms with Gasteiger partial charge in [0.05, 0.1) is 20.5 Å². The third-order valence-corrected chi connectivity index (χ3v) is 5.69. The van der Waals surface area contributed by atoms with Crippen LogP contribution in [0.4, 0.5) is 10.3 Å². The van der Waals surface area contributed by atoms with Gasteiger partial charge in [-0.2, -0.15) is 0 Å². The molecule has 1 aliphatic heterocycles. The van der Waals surface area contributed by atoms with Crippen molar-refractivity contribution in [2.45, 2.75) is 18.8 Å². The maximum atomic E-state index is 12.6. The molecule has 0 bridgehead atoms. The second kappa shape index (κ2) is 10.8. The van der Waals surface area contributed by atoms with Crippen LogP contribution < -0.4 is 20.5 Å². The van der Waals surface area contributed by atoms with Gasteiger partial charge in [-0.3, -0.25) is 4.57 Å². The normalized spacial score (nSPS) is 15.3. The predicted molar refractivity (Wildman–Crippen MR) is 132 cm³/mol. The zero-order valence-electron chi connectivity index (χ0n) is 19.2. The number of rotatable bonds is 5. The molecule has 0 amide bonds. The van der Waals surface area contributed by atoms with Crippen molar-refractivity contribution >= 4 is 5.95 Å². The molecule has 5 rings (SSSR count). The summed E-state index contributed by atoms with van der Waals surface area (Å²) in [6.45, 7) is 2.16. The Bertz CT molecular complexity index is 1170. The van der Waals surface area contributed by atoms with E-state index in [1.54, 1.807) is 49.3 Å². The number of hydrogen-bond acceptors (Lipinski definition) is 7. The summed E-state index contributed by atoms with van der Waals surface area (Å²) in [5.41, 5.74) is 7.84. The van der Waals surface area contributed by atoms with E-state index in [1.807, 2.05) is 30.3 Å². The molecule has 182 valence electrons. The average molecular weight is 470 g/mol. The Morgan fingerprint density at radius 1 is 1.06 bits per heavy atom. The van der Waals surface area contributed by atoms with Crippen LogP contribution >= 0.6 is 0 Å². The van der Waals surface area contributed by atoms with Crippen molar-refractivity contribution in [2.24, 2.45) is 0 Å². The molecule has 0 unspecified atom stereocenters. The molecular weight excluding hydrogens is 437 g/mol. The number of methoxy groups -OCH3 is 2. The SMILES string of the molecule is COc1cccc(OC)c1-n1c(N)nnc1-c1ccco1.Fc1ccc([C@H]2CCCNC2)cc1.[HH].[HH]. The minimum atomic E-state index is -0.146. The molecule has 0 radical (unpaired) electrons. The van der Waals surface area contributed by atoms with E-state index < -0.39 is 0 Å². The molecule has 1 aliphatic rings. The van der Waals surface area contributed by atoms with Crippen LogP contribution in [0.2, 0.25) is 0 Å². The lowest BCUT2D eigenvalue weighted by Gasteiger charge is -2.22. The van der Waals surface area contributed by atoms with Crippen molar-refractivity contribution in [1.82, 2.24) is 20.1 Å². The number of furan rings is 1. The summed E-state index contributed by atoms with van der Waals surface area (Å²) in [5.74, 6) is 2.85. The first-order valence-electron chi connectivity index (χ1n) is 11.0. The number of para-hydroxylation sites is 1. The van der Waals surface area contributed by atoms with Gasteiger partial charge in [0.25, 0.3) is 0 Å². The molecule has 2 aromatic carbocycles. The Kier molecular flexibility index (Phi) is 7.44. The van der Waals surface area contributed by atoms with Crippen molar-refractivity contribution in [3.63, 3.8) is 0 Å². The van der Waals surface area contributed by atoms with Crippen LogP contribution in [0.25, 0.3) is 17.3 Å². The summed E-state index contributed by atoms with van der Waals surface area (Å²) in [4.78, 5) is 0. The highest BCUT2D eigenvalue weighted by Gasteiger charge is 2.22. The fourth-order valence-electron chi connectivity index (χ4n) is 4.01. The second-order valence-electron chi connectivity index (χ2n) is 7.80. The molecule has 2 aromatic heterocycles. The largest absolute Gasteiger partial charge is 0.494 e. The monoisotopic (exact) mass is 469 g/mol. The van der Waals surface area contributed by atoms with Crippen molar-refractivity contribution in [3.8, 4) is 28.8 Å². The number of nitrogens with zero attached hydrogens (tertiary/aromatic N) is 3. The third-order valence-electron chi connectivity index (χ3n) is 5.69. The van der Waals surface area contributed by atoms with Gasteiger partial charge in [-0.25, -0.2) is 4.39 Å². The first kappa shape index (κ1) is 23.3. The molecule has 8 nitrogen and oxygen atoms in total. The van der Waals surface area contributed by atoms with Crippen molar-refractivity contribution < 1.29 is 21.1 Å². The van der Waals surface area contributed by atoms with Gasteiger partial charge >= 0.3 is 0 Å². The first-order chi connectivity index (χ1) is 16.6. The minimum absolute atomic E-state index is 0.